The Morgan fingerprint density at radius 2 is 2.05 bits per heavy atom. The zero-order valence-electron chi connectivity index (χ0n) is 10.9. The smallest absolute Gasteiger partial charge is 0.275 e. The van der Waals surface area contributed by atoms with Gasteiger partial charge < -0.3 is 10.1 Å². The molecular weight excluding hydrogens is 342 g/mol. The van der Waals surface area contributed by atoms with E-state index >= 15 is 0 Å². The summed E-state index contributed by atoms with van der Waals surface area (Å²) >= 11 is 4.66. The lowest BCUT2D eigenvalue weighted by atomic mass is 10.3. The van der Waals surface area contributed by atoms with Crippen molar-refractivity contribution in [3.63, 3.8) is 0 Å². The van der Waals surface area contributed by atoms with Gasteiger partial charge in [0.2, 0.25) is 0 Å². The maximum atomic E-state index is 12.2. The molecule has 1 aromatic carbocycles. The summed E-state index contributed by atoms with van der Waals surface area (Å²) in [5.74, 6) is 0.440. The summed E-state index contributed by atoms with van der Waals surface area (Å²) < 4.78 is 5.62. The summed E-state index contributed by atoms with van der Waals surface area (Å²) in [6.07, 6.45) is 3.43. The molecule has 0 aliphatic heterocycles. The molecule has 0 unspecified atom stereocenters. The van der Waals surface area contributed by atoms with E-state index in [1.54, 1.807) is 37.6 Å². The van der Waals surface area contributed by atoms with Gasteiger partial charge in [-0.2, -0.15) is 0 Å². The Bertz CT molecular complexity index is 620. The molecule has 1 heterocycles. The van der Waals surface area contributed by atoms with Gasteiger partial charge in [-0.3, -0.25) is 4.79 Å². The van der Waals surface area contributed by atoms with E-state index in [1.165, 1.54) is 11.8 Å². The minimum Gasteiger partial charge on any atom is -0.497 e. The van der Waals surface area contributed by atoms with Gasteiger partial charge in [-0.05, 0) is 46.5 Å². The van der Waals surface area contributed by atoms with Crippen LogP contribution in [0.5, 0.6) is 5.75 Å². The second kappa shape index (κ2) is 6.71. The van der Waals surface area contributed by atoms with E-state index in [0.29, 0.717) is 21.0 Å². The van der Waals surface area contributed by atoms with Crippen LogP contribution in [-0.2, 0) is 0 Å². The van der Waals surface area contributed by atoms with Gasteiger partial charge in [0.1, 0.15) is 11.4 Å². The number of ether oxygens (including phenoxy) is 1. The third kappa shape index (κ3) is 3.49. The van der Waals surface area contributed by atoms with Crippen LogP contribution < -0.4 is 10.1 Å². The Hall–Kier alpha value is -1.60. The minimum absolute atomic E-state index is 0.292. The van der Waals surface area contributed by atoms with Gasteiger partial charge in [0.05, 0.1) is 11.6 Å². The summed E-state index contributed by atoms with van der Waals surface area (Å²) in [6.45, 7) is 0. The molecule has 1 amide bonds. The Kier molecular flexibility index (Phi) is 4.97. The predicted octanol–water partition coefficient (Wildman–Crippen LogP) is 3.22. The molecule has 0 atom stereocenters. The van der Waals surface area contributed by atoms with Gasteiger partial charge in [-0.15, -0.1) is 0 Å². The number of halogens is 1. The van der Waals surface area contributed by atoms with Crippen molar-refractivity contribution in [3.8, 4) is 5.75 Å². The molecule has 0 aliphatic rings. The molecule has 0 aliphatic carbocycles. The summed E-state index contributed by atoms with van der Waals surface area (Å²) in [5.41, 5.74) is 0.979. The van der Waals surface area contributed by atoms with Crippen molar-refractivity contribution in [2.45, 2.75) is 5.16 Å². The van der Waals surface area contributed by atoms with E-state index in [-0.39, 0.29) is 5.91 Å². The van der Waals surface area contributed by atoms with E-state index in [9.17, 15) is 4.79 Å². The second-order valence-corrected chi connectivity index (χ2v) is 5.36. The fraction of sp³-hybridized carbons (Fsp3) is 0.154. The van der Waals surface area contributed by atoms with Crippen LogP contribution >= 0.6 is 27.7 Å². The fourth-order valence-electron chi connectivity index (χ4n) is 1.47. The van der Waals surface area contributed by atoms with Crippen molar-refractivity contribution in [1.29, 1.82) is 0 Å². The lowest BCUT2D eigenvalue weighted by Crippen LogP contribution is -2.15. The Labute approximate surface area is 129 Å². The van der Waals surface area contributed by atoms with Crippen LogP contribution in [0.1, 0.15) is 10.5 Å². The number of hydrogen-bond acceptors (Lipinski definition) is 5. The number of carbonyl (C=O) groups excluding carboxylic acids is 1. The van der Waals surface area contributed by atoms with Gasteiger partial charge in [0.25, 0.3) is 5.91 Å². The third-order valence-electron chi connectivity index (χ3n) is 2.47. The highest BCUT2D eigenvalue weighted by molar-refractivity contribution is 9.10. The van der Waals surface area contributed by atoms with E-state index < -0.39 is 0 Å². The van der Waals surface area contributed by atoms with Crippen LogP contribution in [0.15, 0.2) is 40.1 Å². The normalized spacial score (nSPS) is 10.2. The van der Waals surface area contributed by atoms with E-state index in [0.717, 1.165) is 5.75 Å². The van der Waals surface area contributed by atoms with Crippen LogP contribution in [0, 0.1) is 0 Å². The third-order valence-corrected chi connectivity index (χ3v) is 3.61. The standard InChI is InChI=1S/C13H12BrN3O2S/c1-19-9-5-3-8(4-6-9)16-12(18)11-10(14)7-15-13(17-11)20-2/h3-7H,1-2H3,(H,16,18). The molecule has 104 valence electrons. The molecule has 1 N–H and O–H groups in total. The molecule has 0 saturated carbocycles. The summed E-state index contributed by atoms with van der Waals surface area (Å²) in [6, 6.07) is 7.08. The highest BCUT2D eigenvalue weighted by Crippen LogP contribution is 2.20. The first-order chi connectivity index (χ1) is 9.63. The van der Waals surface area contributed by atoms with Gasteiger partial charge in [0.15, 0.2) is 5.16 Å². The Morgan fingerprint density at radius 1 is 1.35 bits per heavy atom. The topological polar surface area (TPSA) is 64.1 Å². The molecule has 2 aromatic rings. The van der Waals surface area contributed by atoms with Crippen molar-refractivity contribution in [1.82, 2.24) is 9.97 Å². The molecule has 0 fully saturated rings. The lowest BCUT2D eigenvalue weighted by molar-refractivity contribution is 0.102. The van der Waals surface area contributed by atoms with Crippen LogP contribution in [0.3, 0.4) is 0 Å². The molecule has 5 nitrogen and oxygen atoms in total. The average Bonchev–Trinajstić information content (AvgIpc) is 2.48. The maximum Gasteiger partial charge on any atom is 0.275 e. The predicted molar refractivity (Wildman–Crippen MR) is 82.5 cm³/mol. The SMILES string of the molecule is COc1ccc(NC(=O)c2nc(SC)ncc2Br)cc1. The minimum atomic E-state index is -0.292. The van der Waals surface area contributed by atoms with E-state index in [2.05, 4.69) is 31.2 Å². The second-order valence-electron chi connectivity index (χ2n) is 3.74. The molecule has 0 radical (unpaired) electrons. The van der Waals surface area contributed by atoms with Crippen LogP contribution in [0.4, 0.5) is 5.69 Å². The first-order valence-electron chi connectivity index (χ1n) is 5.66. The van der Waals surface area contributed by atoms with Gasteiger partial charge in [-0.1, -0.05) is 11.8 Å². The number of nitrogens with one attached hydrogen (secondary N) is 1. The van der Waals surface area contributed by atoms with E-state index in [1.807, 2.05) is 6.26 Å². The molecule has 1 aromatic heterocycles. The zero-order chi connectivity index (χ0) is 14.5. The molecule has 0 bridgehead atoms. The number of anilines is 1. The number of methoxy groups -OCH3 is 1. The van der Waals surface area contributed by atoms with Gasteiger partial charge in [0, 0.05) is 11.9 Å². The first-order valence-corrected chi connectivity index (χ1v) is 7.67. The molecule has 20 heavy (non-hydrogen) atoms. The molecular formula is C13H12BrN3O2S. The summed E-state index contributed by atoms with van der Waals surface area (Å²) in [4.78, 5) is 20.5. The maximum absolute atomic E-state index is 12.2. The van der Waals surface area contributed by atoms with Gasteiger partial charge in [-0.25, -0.2) is 9.97 Å². The van der Waals surface area contributed by atoms with Crippen molar-refractivity contribution < 1.29 is 9.53 Å². The highest BCUT2D eigenvalue weighted by atomic mass is 79.9. The number of amides is 1. The number of benzene rings is 1. The largest absolute Gasteiger partial charge is 0.497 e. The number of rotatable bonds is 4. The molecule has 0 spiro atoms. The van der Waals surface area contributed by atoms with Crippen molar-refractivity contribution >= 4 is 39.3 Å². The van der Waals surface area contributed by atoms with Crippen LogP contribution in [0.2, 0.25) is 0 Å². The Morgan fingerprint density at radius 3 is 2.65 bits per heavy atom. The first kappa shape index (κ1) is 14.8. The van der Waals surface area contributed by atoms with Crippen molar-refractivity contribution in [2.24, 2.45) is 0 Å². The average molecular weight is 354 g/mol. The number of hydrogen-bond donors (Lipinski definition) is 1. The quantitative estimate of drug-likeness (QED) is 0.675. The fourth-order valence-corrected chi connectivity index (χ4v) is 2.18. The Balaban J connectivity index is 2.18. The molecule has 2 rings (SSSR count). The number of nitrogens with zero attached hydrogens (tertiary/aromatic N) is 2. The van der Waals surface area contributed by atoms with Crippen LogP contribution in [0.25, 0.3) is 0 Å². The summed E-state index contributed by atoms with van der Waals surface area (Å²) in [7, 11) is 1.59. The molecule has 0 saturated heterocycles. The monoisotopic (exact) mass is 353 g/mol. The van der Waals surface area contributed by atoms with Crippen LogP contribution in [-0.4, -0.2) is 29.2 Å². The zero-order valence-corrected chi connectivity index (χ0v) is 13.3. The number of carbonyl (C=O) groups is 1. The van der Waals surface area contributed by atoms with Crippen molar-refractivity contribution in [3.05, 3.63) is 40.6 Å². The lowest BCUT2D eigenvalue weighted by Gasteiger charge is -2.07. The van der Waals surface area contributed by atoms with Gasteiger partial charge >= 0.3 is 0 Å². The van der Waals surface area contributed by atoms with E-state index in [4.69, 9.17) is 4.74 Å². The van der Waals surface area contributed by atoms with Crippen molar-refractivity contribution in [2.75, 3.05) is 18.7 Å². The number of thioether (sulfide) groups is 1. The molecule has 7 heteroatoms. The highest BCUT2D eigenvalue weighted by Gasteiger charge is 2.14. The summed E-state index contributed by atoms with van der Waals surface area (Å²) in [5, 5.41) is 3.33. The number of aromatic nitrogens is 2.